The van der Waals surface area contributed by atoms with E-state index < -0.39 is 0 Å². The van der Waals surface area contributed by atoms with Crippen molar-refractivity contribution in [3.8, 4) is 23.0 Å². The van der Waals surface area contributed by atoms with E-state index in [1.54, 1.807) is 41.4 Å². The van der Waals surface area contributed by atoms with Gasteiger partial charge in [-0.15, -0.1) is 17.9 Å². The minimum absolute atomic E-state index is 0.102. The summed E-state index contributed by atoms with van der Waals surface area (Å²) >= 11 is 1.47. The third-order valence-electron chi connectivity index (χ3n) is 3.42. The average Bonchev–Trinajstić information content (AvgIpc) is 3.30. The molecule has 7 heteroatoms. The molecule has 3 aromatic rings. The Morgan fingerprint density at radius 1 is 1.38 bits per heavy atom. The maximum Gasteiger partial charge on any atom is 0.206 e. The van der Waals surface area contributed by atoms with Crippen molar-refractivity contribution in [3.05, 3.63) is 65.0 Å². The molecule has 134 valence electrons. The van der Waals surface area contributed by atoms with Gasteiger partial charge in [0.2, 0.25) is 4.80 Å². The Morgan fingerprint density at radius 3 is 3.00 bits per heavy atom. The summed E-state index contributed by atoms with van der Waals surface area (Å²) in [5, 5.41) is 16.3. The highest BCUT2D eigenvalue weighted by Gasteiger charge is 2.09. The van der Waals surface area contributed by atoms with Crippen molar-refractivity contribution < 1.29 is 14.3 Å². The number of ether oxygens (including phenoxy) is 1. The van der Waals surface area contributed by atoms with Gasteiger partial charge < -0.3 is 14.3 Å². The number of benzene rings is 1. The zero-order chi connectivity index (χ0) is 18.4. The number of phenols is 1. The lowest BCUT2D eigenvalue weighted by Gasteiger charge is -2.06. The number of hydrogen-bond donors (Lipinski definition) is 1. The Labute approximate surface area is 155 Å². The standard InChI is InChI=1S/C19H19N3O3S/c1-3-9-20-19-22(15(13-26-19)17-6-5-10-25-17)21-12-14-7-8-16(23)18(11-14)24-4-2/h3,5-8,10-13,23H,1,4,9H2,2H3. The fraction of sp³-hybridized carbons (Fsp3) is 0.158. The van der Waals surface area contributed by atoms with E-state index in [2.05, 4.69) is 16.7 Å². The predicted molar refractivity (Wildman–Crippen MR) is 103 cm³/mol. The second-order valence-electron chi connectivity index (χ2n) is 5.23. The van der Waals surface area contributed by atoms with Crippen molar-refractivity contribution >= 4 is 17.6 Å². The number of furan rings is 1. The molecule has 0 amide bonds. The maximum absolute atomic E-state index is 9.82. The van der Waals surface area contributed by atoms with E-state index in [1.807, 2.05) is 24.4 Å². The molecule has 1 aromatic carbocycles. The molecule has 26 heavy (non-hydrogen) atoms. The largest absolute Gasteiger partial charge is 0.504 e. The van der Waals surface area contributed by atoms with Gasteiger partial charge in [0.15, 0.2) is 17.3 Å². The molecular weight excluding hydrogens is 350 g/mol. The maximum atomic E-state index is 9.82. The minimum Gasteiger partial charge on any atom is -0.504 e. The Hall–Kier alpha value is -3.06. The van der Waals surface area contributed by atoms with Crippen LogP contribution in [0, 0.1) is 0 Å². The quantitative estimate of drug-likeness (QED) is 0.507. The molecule has 2 heterocycles. The van der Waals surface area contributed by atoms with Crippen molar-refractivity contribution in [1.82, 2.24) is 4.68 Å². The highest BCUT2D eigenvalue weighted by atomic mass is 32.1. The van der Waals surface area contributed by atoms with Gasteiger partial charge in [0.1, 0.15) is 5.69 Å². The zero-order valence-corrected chi connectivity index (χ0v) is 15.1. The van der Waals surface area contributed by atoms with Gasteiger partial charge in [0, 0.05) is 5.38 Å². The molecule has 2 aromatic heterocycles. The number of phenolic OH excluding ortho intramolecular Hbond substituents is 1. The molecule has 6 nitrogen and oxygen atoms in total. The average molecular weight is 369 g/mol. The monoisotopic (exact) mass is 369 g/mol. The first-order valence-corrected chi connectivity index (χ1v) is 8.97. The first kappa shape index (κ1) is 17.8. The topological polar surface area (TPSA) is 72.2 Å². The van der Waals surface area contributed by atoms with Crippen molar-refractivity contribution in [2.75, 3.05) is 13.2 Å². The summed E-state index contributed by atoms with van der Waals surface area (Å²) in [5.41, 5.74) is 1.60. The molecule has 0 radical (unpaired) electrons. The van der Waals surface area contributed by atoms with E-state index in [4.69, 9.17) is 9.15 Å². The summed E-state index contributed by atoms with van der Waals surface area (Å²) < 4.78 is 12.6. The second-order valence-corrected chi connectivity index (χ2v) is 6.06. The van der Waals surface area contributed by atoms with Gasteiger partial charge in [-0.1, -0.05) is 6.08 Å². The van der Waals surface area contributed by atoms with Crippen LogP contribution in [0.25, 0.3) is 11.5 Å². The van der Waals surface area contributed by atoms with E-state index in [0.717, 1.165) is 16.1 Å². The summed E-state index contributed by atoms with van der Waals surface area (Å²) in [7, 11) is 0. The Kier molecular flexibility index (Phi) is 5.70. The van der Waals surface area contributed by atoms with Crippen molar-refractivity contribution in [2.24, 2.45) is 10.1 Å². The van der Waals surface area contributed by atoms with Crippen LogP contribution in [0.3, 0.4) is 0 Å². The van der Waals surface area contributed by atoms with Gasteiger partial charge >= 0.3 is 0 Å². The van der Waals surface area contributed by atoms with E-state index >= 15 is 0 Å². The highest BCUT2D eigenvalue weighted by Crippen LogP contribution is 2.26. The molecule has 0 saturated carbocycles. The smallest absolute Gasteiger partial charge is 0.206 e. The van der Waals surface area contributed by atoms with Crippen LogP contribution in [0.2, 0.25) is 0 Å². The van der Waals surface area contributed by atoms with Gasteiger partial charge in [-0.2, -0.15) is 5.10 Å². The zero-order valence-electron chi connectivity index (χ0n) is 14.3. The molecule has 0 spiro atoms. The lowest BCUT2D eigenvalue weighted by molar-refractivity contribution is 0.318. The summed E-state index contributed by atoms with van der Waals surface area (Å²) in [6.45, 7) is 6.54. The molecule has 0 bridgehead atoms. The summed E-state index contributed by atoms with van der Waals surface area (Å²) in [6, 6.07) is 8.79. The number of rotatable bonds is 7. The highest BCUT2D eigenvalue weighted by molar-refractivity contribution is 7.07. The van der Waals surface area contributed by atoms with Gasteiger partial charge in [0.05, 0.1) is 25.6 Å². The first-order valence-electron chi connectivity index (χ1n) is 8.09. The van der Waals surface area contributed by atoms with Crippen LogP contribution in [0.5, 0.6) is 11.5 Å². The van der Waals surface area contributed by atoms with Crippen LogP contribution in [0.1, 0.15) is 12.5 Å². The minimum atomic E-state index is 0.102. The number of nitrogens with zero attached hydrogens (tertiary/aromatic N) is 3. The first-order chi connectivity index (χ1) is 12.7. The summed E-state index contributed by atoms with van der Waals surface area (Å²) in [6.07, 6.45) is 5.04. The normalized spacial score (nSPS) is 12.0. The fourth-order valence-electron chi connectivity index (χ4n) is 2.26. The molecule has 0 aliphatic carbocycles. The van der Waals surface area contributed by atoms with Crippen LogP contribution < -0.4 is 9.54 Å². The molecule has 3 rings (SSSR count). The van der Waals surface area contributed by atoms with Gasteiger partial charge in [-0.25, -0.2) is 4.68 Å². The van der Waals surface area contributed by atoms with Gasteiger partial charge in [-0.3, -0.25) is 4.99 Å². The Bertz CT molecular complexity index is 968. The number of thiazole rings is 1. The van der Waals surface area contributed by atoms with Crippen LogP contribution in [0.4, 0.5) is 0 Å². The van der Waals surface area contributed by atoms with Gasteiger partial charge in [-0.05, 0) is 42.8 Å². The third-order valence-corrected chi connectivity index (χ3v) is 4.27. The van der Waals surface area contributed by atoms with E-state index in [0.29, 0.717) is 24.7 Å². The molecule has 0 aliphatic heterocycles. The van der Waals surface area contributed by atoms with Gasteiger partial charge in [0.25, 0.3) is 0 Å². The predicted octanol–water partition coefficient (Wildman–Crippen LogP) is 3.88. The lowest BCUT2D eigenvalue weighted by atomic mass is 10.2. The van der Waals surface area contributed by atoms with E-state index in [-0.39, 0.29) is 5.75 Å². The molecule has 0 atom stereocenters. The van der Waals surface area contributed by atoms with Crippen LogP contribution in [0.15, 0.2) is 69.1 Å². The number of aromatic hydroxyl groups is 1. The second kappa shape index (κ2) is 8.35. The molecule has 0 aliphatic rings. The molecular formula is C19H19N3O3S. The molecule has 0 saturated heterocycles. The molecule has 1 N–H and O–H groups in total. The Morgan fingerprint density at radius 2 is 2.27 bits per heavy atom. The van der Waals surface area contributed by atoms with E-state index in [9.17, 15) is 5.11 Å². The van der Waals surface area contributed by atoms with Crippen molar-refractivity contribution in [1.29, 1.82) is 0 Å². The third kappa shape index (κ3) is 3.94. The van der Waals surface area contributed by atoms with Crippen molar-refractivity contribution in [3.63, 3.8) is 0 Å². The van der Waals surface area contributed by atoms with Crippen LogP contribution >= 0.6 is 11.3 Å². The van der Waals surface area contributed by atoms with Crippen LogP contribution in [-0.2, 0) is 0 Å². The number of aromatic nitrogens is 1. The molecule has 0 unspecified atom stereocenters. The Balaban J connectivity index is 2.00. The summed E-state index contributed by atoms with van der Waals surface area (Å²) in [4.78, 5) is 5.20. The SMILES string of the molecule is C=CCN=c1scc(-c2ccco2)n1N=Cc1ccc(O)c(OCC)c1. The van der Waals surface area contributed by atoms with E-state index in [1.165, 1.54) is 11.3 Å². The lowest BCUT2D eigenvalue weighted by Crippen LogP contribution is -2.12. The fourth-order valence-corrected chi connectivity index (χ4v) is 3.09. The van der Waals surface area contributed by atoms with Crippen molar-refractivity contribution in [2.45, 2.75) is 6.92 Å². The van der Waals surface area contributed by atoms with Crippen LogP contribution in [-0.4, -0.2) is 29.1 Å². The summed E-state index contributed by atoms with van der Waals surface area (Å²) in [5.74, 6) is 1.24. The number of hydrogen-bond acceptors (Lipinski definition) is 6. The molecule has 0 fully saturated rings.